The minimum Gasteiger partial charge on any atom is -0.370 e. The summed E-state index contributed by atoms with van der Waals surface area (Å²) in [5.41, 5.74) is 1.02. The van der Waals surface area contributed by atoms with Gasteiger partial charge >= 0.3 is 0 Å². The number of rotatable bonds is 6. The first-order valence-corrected chi connectivity index (χ1v) is 11.1. The molecule has 2 aromatic rings. The maximum absolute atomic E-state index is 12.3. The SMILES string of the molecule is CN=C(NCCNS(=O)(=O)c1cccc(Cl)c1)N1CCOC(c2cnn(C)c2)C1.I. The van der Waals surface area contributed by atoms with Crippen LogP contribution in [-0.4, -0.2) is 68.9 Å². The summed E-state index contributed by atoms with van der Waals surface area (Å²) in [5, 5.41) is 7.77. The summed E-state index contributed by atoms with van der Waals surface area (Å²) in [6.45, 7) is 2.51. The lowest BCUT2D eigenvalue weighted by molar-refractivity contribution is -0.00800. The molecule has 1 saturated heterocycles. The van der Waals surface area contributed by atoms with Gasteiger partial charge in [-0.1, -0.05) is 17.7 Å². The van der Waals surface area contributed by atoms with Gasteiger partial charge < -0.3 is 15.0 Å². The minimum absolute atomic E-state index is 0. The van der Waals surface area contributed by atoms with Gasteiger partial charge in [-0.05, 0) is 18.2 Å². The number of nitrogens with one attached hydrogen (secondary N) is 2. The van der Waals surface area contributed by atoms with Gasteiger partial charge in [-0.25, -0.2) is 13.1 Å². The molecule has 1 unspecified atom stereocenters. The third kappa shape index (κ3) is 6.54. The van der Waals surface area contributed by atoms with Gasteiger partial charge in [0, 0.05) is 50.5 Å². The van der Waals surface area contributed by atoms with E-state index >= 15 is 0 Å². The van der Waals surface area contributed by atoms with Gasteiger partial charge in [0.05, 0.1) is 24.2 Å². The number of aliphatic imine (C=N–C) groups is 1. The number of sulfonamides is 1. The highest BCUT2D eigenvalue weighted by atomic mass is 127. The van der Waals surface area contributed by atoms with Gasteiger partial charge in [0.15, 0.2) is 5.96 Å². The van der Waals surface area contributed by atoms with E-state index in [2.05, 4.69) is 25.0 Å². The van der Waals surface area contributed by atoms with Crippen LogP contribution in [0.2, 0.25) is 5.02 Å². The summed E-state index contributed by atoms with van der Waals surface area (Å²) >= 11 is 5.87. The molecule has 1 aromatic heterocycles. The molecule has 0 saturated carbocycles. The topological polar surface area (TPSA) is 101 Å². The fraction of sp³-hybridized carbons (Fsp3) is 0.444. The molecule has 30 heavy (non-hydrogen) atoms. The molecule has 0 spiro atoms. The van der Waals surface area contributed by atoms with E-state index in [4.69, 9.17) is 16.3 Å². The number of benzene rings is 1. The van der Waals surface area contributed by atoms with Crippen LogP contribution in [0, 0.1) is 0 Å². The van der Waals surface area contributed by atoms with Crippen molar-refractivity contribution in [1.29, 1.82) is 0 Å². The van der Waals surface area contributed by atoms with Crippen molar-refractivity contribution in [2.24, 2.45) is 12.0 Å². The number of hydrogen-bond acceptors (Lipinski definition) is 5. The molecule has 1 aliphatic heterocycles. The Morgan fingerprint density at radius 2 is 2.20 bits per heavy atom. The van der Waals surface area contributed by atoms with Crippen molar-refractivity contribution >= 4 is 51.6 Å². The Bertz CT molecular complexity index is 968. The molecule has 0 amide bonds. The molecule has 3 rings (SSSR count). The average Bonchev–Trinajstić information content (AvgIpc) is 3.14. The lowest BCUT2D eigenvalue weighted by Gasteiger charge is -2.34. The zero-order chi connectivity index (χ0) is 20.9. The molecule has 2 heterocycles. The molecule has 1 aliphatic rings. The summed E-state index contributed by atoms with van der Waals surface area (Å²) < 4.78 is 34.8. The Labute approximate surface area is 198 Å². The Balaban J connectivity index is 0.00000320. The zero-order valence-electron chi connectivity index (χ0n) is 16.8. The maximum Gasteiger partial charge on any atom is 0.240 e. The van der Waals surface area contributed by atoms with Gasteiger partial charge in [-0.2, -0.15) is 5.10 Å². The summed E-state index contributed by atoms with van der Waals surface area (Å²) in [5.74, 6) is 0.698. The average molecular weight is 569 g/mol. The fourth-order valence-electron chi connectivity index (χ4n) is 3.06. The highest BCUT2D eigenvalue weighted by molar-refractivity contribution is 14.0. The fourth-order valence-corrected chi connectivity index (χ4v) is 4.39. The van der Waals surface area contributed by atoms with Gasteiger partial charge in [0.1, 0.15) is 6.10 Å². The minimum atomic E-state index is -3.61. The van der Waals surface area contributed by atoms with E-state index in [-0.39, 0.29) is 41.5 Å². The number of aromatic nitrogens is 2. The molecule has 1 atom stereocenters. The van der Waals surface area contributed by atoms with Crippen LogP contribution in [0.1, 0.15) is 11.7 Å². The monoisotopic (exact) mass is 568 g/mol. The second-order valence-corrected chi connectivity index (χ2v) is 8.79. The number of morpholine rings is 1. The van der Waals surface area contributed by atoms with E-state index in [0.29, 0.717) is 37.2 Å². The molecule has 9 nitrogen and oxygen atoms in total. The first-order valence-electron chi connectivity index (χ1n) is 9.20. The number of ether oxygens (including phenoxy) is 1. The van der Waals surface area contributed by atoms with Crippen molar-refractivity contribution < 1.29 is 13.2 Å². The highest BCUT2D eigenvalue weighted by Gasteiger charge is 2.25. The molecular weight excluding hydrogens is 543 g/mol. The van der Waals surface area contributed by atoms with Crippen LogP contribution >= 0.6 is 35.6 Å². The van der Waals surface area contributed by atoms with E-state index in [0.717, 1.165) is 5.56 Å². The number of hydrogen-bond donors (Lipinski definition) is 2. The van der Waals surface area contributed by atoms with Crippen LogP contribution in [0.3, 0.4) is 0 Å². The van der Waals surface area contributed by atoms with E-state index in [1.165, 1.54) is 12.1 Å². The number of guanidine groups is 1. The van der Waals surface area contributed by atoms with Gasteiger partial charge in [-0.15, -0.1) is 24.0 Å². The smallest absolute Gasteiger partial charge is 0.240 e. The quantitative estimate of drug-likeness (QED) is 0.238. The number of halogens is 2. The lowest BCUT2D eigenvalue weighted by Crippen LogP contribution is -2.49. The van der Waals surface area contributed by atoms with Crippen molar-refractivity contribution in [2.45, 2.75) is 11.0 Å². The third-order valence-electron chi connectivity index (χ3n) is 4.48. The van der Waals surface area contributed by atoms with Crippen LogP contribution in [0.25, 0.3) is 0 Å². The van der Waals surface area contributed by atoms with Crippen LogP contribution in [0.4, 0.5) is 0 Å². The second kappa shape index (κ2) is 11.3. The Morgan fingerprint density at radius 1 is 1.40 bits per heavy atom. The van der Waals surface area contributed by atoms with Gasteiger partial charge in [-0.3, -0.25) is 9.67 Å². The molecule has 0 radical (unpaired) electrons. The lowest BCUT2D eigenvalue weighted by atomic mass is 10.1. The van der Waals surface area contributed by atoms with Crippen LogP contribution < -0.4 is 10.0 Å². The van der Waals surface area contributed by atoms with Crippen LogP contribution in [0.5, 0.6) is 0 Å². The Hall–Kier alpha value is -1.41. The van der Waals surface area contributed by atoms with E-state index < -0.39 is 10.0 Å². The molecule has 0 aliphatic carbocycles. The molecule has 12 heteroatoms. The van der Waals surface area contributed by atoms with Crippen molar-refractivity contribution in [1.82, 2.24) is 24.7 Å². The predicted molar refractivity (Wildman–Crippen MR) is 127 cm³/mol. The predicted octanol–water partition coefficient (Wildman–Crippen LogP) is 1.62. The Kier molecular flexibility index (Phi) is 9.34. The summed E-state index contributed by atoms with van der Waals surface area (Å²) in [4.78, 5) is 6.54. The van der Waals surface area contributed by atoms with Crippen LogP contribution in [-0.2, 0) is 21.8 Å². The van der Waals surface area contributed by atoms with Crippen molar-refractivity contribution in [3.8, 4) is 0 Å². The molecule has 0 bridgehead atoms. The second-order valence-electron chi connectivity index (χ2n) is 6.58. The molecule has 166 valence electrons. The number of nitrogens with zero attached hydrogens (tertiary/aromatic N) is 4. The molecule has 1 fully saturated rings. The van der Waals surface area contributed by atoms with Gasteiger partial charge in [0.25, 0.3) is 0 Å². The van der Waals surface area contributed by atoms with Gasteiger partial charge in [0.2, 0.25) is 10.0 Å². The van der Waals surface area contributed by atoms with E-state index in [1.807, 2.05) is 13.2 Å². The summed E-state index contributed by atoms with van der Waals surface area (Å²) in [6, 6.07) is 6.16. The third-order valence-corrected chi connectivity index (χ3v) is 6.17. The first-order chi connectivity index (χ1) is 13.9. The van der Waals surface area contributed by atoms with Crippen molar-refractivity contribution in [3.05, 3.63) is 47.2 Å². The number of aryl methyl sites for hydroxylation is 1. The zero-order valence-corrected chi connectivity index (χ0v) is 20.7. The first kappa shape index (κ1) is 24.9. The highest BCUT2D eigenvalue weighted by Crippen LogP contribution is 2.21. The molecular formula is C18H26ClIN6O3S. The largest absolute Gasteiger partial charge is 0.370 e. The Morgan fingerprint density at radius 3 is 2.87 bits per heavy atom. The summed E-state index contributed by atoms with van der Waals surface area (Å²) in [7, 11) is -0.0405. The van der Waals surface area contributed by atoms with Crippen molar-refractivity contribution in [3.63, 3.8) is 0 Å². The van der Waals surface area contributed by atoms with Crippen LogP contribution in [0.15, 0.2) is 46.5 Å². The summed E-state index contributed by atoms with van der Waals surface area (Å²) in [6.07, 6.45) is 3.65. The van der Waals surface area contributed by atoms with Crippen molar-refractivity contribution in [2.75, 3.05) is 39.8 Å². The van der Waals surface area contributed by atoms with E-state index in [9.17, 15) is 8.42 Å². The molecule has 2 N–H and O–H groups in total. The standard InChI is InChI=1S/C18H25ClN6O3S.HI/c1-20-18(25-8-9-28-17(13-25)14-11-22-24(2)12-14)21-6-7-23-29(26,27)16-5-3-4-15(19)10-16;/h3-5,10-12,17,23H,6-9,13H2,1-2H3,(H,20,21);1H. The maximum atomic E-state index is 12.3. The van der Waals surface area contributed by atoms with E-state index in [1.54, 1.807) is 30.1 Å². The molecule has 1 aromatic carbocycles. The normalized spacial score (nSPS) is 17.5.